The van der Waals surface area contributed by atoms with E-state index >= 15 is 0 Å². The number of amides is 2. The van der Waals surface area contributed by atoms with Crippen LogP contribution in [0.1, 0.15) is 47.8 Å². The number of rotatable bonds is 8. The first-order valence-electron chi connectivity index (χ1n) is 11.3. The maximum atomic E-state index is 12.7. The number of carbonyl (C=O) groups is 3. The van der Waals surface area contributed by atoms with E-state index in [2.05, 4.69) is 40.0 Å². The van der Waals surface area contributed by atoms with Crippen molar-refractivity contribution in [2.45, 2.75) is 26.2 Å². The Balaban J connectivity index is 1.29. The molecule has 0 saturated heterocycles. The summed E-state index contributed by atoms with van der Waals surface area (Å²) in [4.78, 5) is 36.5. The molecule has 0 spiro atoms. The van der Waals surface area contributed by atoms with E-state index in [1.54, 1.807) is 13.8 Å². The van der Waals surface area contributed by atoms with Crippen molar-refractivity contribution in [2.75, 3.05) is 18.5 Å². The van der Waals surface area contributed by atoms with E-state index in [0.29, 0.717) is 6.42 Å². The number of anilines is 1. The number of nitrogens with one attached hydrogen (secondary N) is 2. The predicted octanol–water partition coefficient (Wildman–Crippen LogP) is 4.01. The summed E-state index contributed by atoms with van der Waals surface area (Å²) in [6.07, 6.45) is 1.07. The average molecular weight is 477 g/mol. The SMILES string of the molecule is Cn1ncc(NC(=O)C(C)(C)CCNC(=O)OCC2c3ccccc3-c3ccccc32)c1C(=O)O. The van der Waals surface area contributed by atoms with Gasteiger partial charge in [-0.25, -0.2) is 9.59 Å². The van der Waals surface area contributed by atoms with Crippen LogP contribution in [0.15, 0.2) is 54.7 Å². The Morgan fingerprint density at radius 2 is 1.66 bits per heavy atom. The first-order chi connectivity index (χ1) is 16.7. The number of benzene rings is 2. The fourth-order valence-corrected chi connectivity index (χ4v) is 4.31. The number of nitrogens with zero attached hydrogens (tertiary/aromatic N) is 2. The van der Waals surface area contributed by atoms with Gasteiger partial charge >= 0.3 is 12.1 Å². The molecule has 9 heteroatoms. The van der Waals surface area contributed by atoms with Gasteiger partial charge in [0, 0.05) is 24.9 Å². The number of hydrogen-bond acceptors (Lipinski definition) is 5. The summed E-state index contributed by atoms with van der Waals surface area (Å²) in [5.41, 5.74) is 3.73. The smallest absolute Gasteiger partial charge is 0.407 e. The third-order valence-electron chi connectivity index (χ3n) is 6.37. The number of fused-ring (bicyclic) bond motifs is 3. The highest BCUT2D eigenvalue weighted by atomic mass is 16.5. The fourth-order valence-electron chi connectivity index (χ4n) is 4.31. The number of aromatic carboxylic acids is 1. The third kappa shape index (κ3) is 4.89. The van der Waals surface area contributed by atoms with E-state index in [9.17, 15) is 19.5 Å². The Labute approximate surface area is 203 Å². The molecule has 9 nitrogen and oxygen atoms in total. The van der Waals surface area contributed by atoms with Crippen molar-refractivity contribution in [3.05, 3.63) is 71.5 Å². The second-order valence-corrected chi connectivity index (χ2v) is 9.18. The highest BCUT2D eigenvalue weighted by molar-refractivity contribution is 6.01. The second-order valence-electron chi connectivity index (χ2n) is 9.18. The van der Waals surface area contributed by atoms with Crippen molar-refractivity contribution in [1.29, 1.82) is 0 Å². The zero-order valence-electron chi connectivity index (χ0n) is 19.9. The van der Waals surface area contributed by atoms with Gasteiger partial charge in [-0.3, -0.25) is 9.48 Å². The summed E-state index contributed by atoms with van der Waals surface area (Å²) < 4.78 is 6.71. The van der Waals surface area contributed by atoms with Gasteiger partial charge in [-0.2, -0.15) is 5.10 Å². The number of alkyl carbamates (subject to hydrolysis) is 1. The van der Waals surface area contributed by atoms with Crippen LogP contribution in [-0.2, 0) is 16.6 Å². The van der Waals surface area contributed by atoms with Crippen molar-refractivity contribution >= 4 is 23.7 Å². The van der Waals surface area contributed by atoms with Crippen LogP contribution in [0.3, 0.4) is 0 Å². The molecular formula is C26H28N4O5. The van der Waals surface area contributed by atoms with Crippen LogP contribution in [-0.4, -0.2) is 46.0 Å². The number of carbonyl (C=O) groups excluding carboxylic acids is 2. The van der Waals surface area contributed by atoms with Crippen LogP contribution in [0.5, 0.6) is 0 Å². The Bertz CT molecular complexity index is 1230. The van der Waals surface area contributed by atoms with Crippen molar-refractivity contribution in [1.82, 2.24) is 15.1 Å². The Morgan fingerprint density at radius 3 is 2.26 bits per heavy atom. The molecule has 0 unspecified atom stereocenters. The molecule has 0 fully saturated rings. The van der Waals surface area contributed by atoms with Crippen LogP contribution in [0, 0.1) is 5.41 Å². The first-order valence-corrected chi connectivity index (χ1v) is 11.3. The molecule has 35 heavy (non-hydrogen) atoms. The Morgan fingerprint density at radius 1 is 1.06 bits per heavy atom. The van der Waals surface area contributed by atoms with Crippen molar-refractivity contribution in [3.8, 4) is 11.1 Å². The second kappa shape index (κ2) is 9.61. The van der Waals surface area contributed by atoms with Crippen molar-refractivity contribution in [2.24, 2.45) is 12.5 Å². The molecule has 3 aromatic rings. The summed E-state index contributed by atoms with van der Waals surface area (Å²) in [6.45, 7) is 3.87. The van der Waals surface area contributed by atoms with E-state index in [1.165, 1.54) is 17.9 Å². The monoisotopic (exact) mass is 476 g/mol. The van der Waals surface area contributed by atoms with E-state index in [-0.39, 0.29) is 36.4 Å². The van der Waals surface area contributed by atoms with Crippen LogP contribution in [0.25, 0.3) is 11.1 Å². The summed E-state index contributed by atoms with van der Waals surface area (Å²) >= 11 is 0. The number of carboxylic acids is 1. The van der Waals surface area contributed by atoms with E-state index < -0.39 is 17.5 Å². The molecule has 0 atom stereocenters. The lowest BCUT2D eigenvalue weighted by molar-refractivity contribution is -0.124. The van der Waals surface area contributed by atoms with Gasteiger partial charge in [0.05, 0.1) is 11.9 Å². The van der Waals surface area contributed by atoms with E-state index in [0.717, 1.165) is 22.3 Å². The van der Waals surface area contributed by atoms with Gasteiger partial charge in [0.25, 0.3) is 0 Å². The van der Waals surface area contributed by atoms with Gasteiger partial charge in [-0.05, 0) is 28.7 Å². The molecule has 182 valence electrons. The standard InChI is InChI=1S/C26H28N4O5/c1-26(2,24(33)29-21-14-28-30(3)22(21)23(31)32)12-13-27-25(34)35-15-20-18-10-6-4-8-16(18)17-9-5-7-11-19(17)20/h4-11,14,20H,12-13,15H2,1-3H3,(H,27,34)(H,29,33)(H,31,32). The van der Waals surface area contributed by atoms with Gasteiger partial charge in [-0.15, -0.1) is 0 Å². The first kappa shape index (κ1) is 24.0. The number of ether oxygens (including phenoxy) is 1. The molecule has 0 aliphatic heterocycles. The number of aryl methyl sites for hydroxylation is 1. The lowest BCUT2D eigenvalue weighted by Crippen LogP contribution is -2.36. The summed E-state index contributed by atoms with van der Waals surface area (Å²) in [5.74, 6) is -1.59. The molecule has 3 N–H and O–H groups in total. The topological polar surface area (TPSA) is 123 Å². The van der Waals surface area contributed by atoms with Crippen LogP contribution < -0.4 is 10.6 Å². The van der Waals surface area contributed by atoms with Gasteiger partial charge in [0.2, 0.25) is 5.91 Å². The minimum absolute atomic E-state index is 0.0294. The number of aromatic nitrogens is 2. The third-order valence-corrected chi connectivity index (χ3v) is 6.37. The summed E-state index contributed by atoms with van der Waals surface area (Å²) in [5, 5.41) is 18.5. The average Bonchev–Trinajstić information content (AvgIpc) is 3.35. The molecule has 1 aliphatic carbocycles. The minimum atomic E-state index is -1.19. The lowest BCUT2D eigenvalue weighted by Gasteiger charge is -2.23. The predicted molar refractivity (Wildman–Crippen MR) is 130 cm³/mol. The van der Waals surface area contributed by atoms with E-state index in [4.69, 9.17) is 4.74 Å². The molecule has 1 aromatic heterocycles. The molecule has 2 amide bonds. The van der Waals surface area contributed by atoms with Crippen LogP contribution in [0.4, 0.5) is 10.5 Å². The van der Waals surface area contributed by atoms with E-state index in [1.807, 2.05) is 24.3 Å². The quantitative estimate of drug-likeness (QED) is 0.451. The molecule has 2 aromatic carbocycles. The van der Waals surface area contributed by atoms with Crippen LogP contribution in [0.2, 0.25) is 0 Å². The molecule has 4 rings (SSSR count). The van der Waals surface area contributed by atoms with Gasteiger partial charge < -0.3 is 20.5 Å². The minimum Gasteiger partial charge on any atom is -0.476 e. The van der Waals surface area contributed by atoms with Gasteiger partial charge in [0.15, 0.2) is 5.69 Å². The molecule has 0 bridgehead atoms. The van der Waals surface area contributed by atoms with Crippen molar-refractivity contribution in [3.63, 3.8) is 0 Å². The van der Waals surface area contributed by atoms with Crippen molar-refractivity contribution < 1.29 is 24.2 Å². The number of carboxylic acid groups (broad SMARTS) is 1. The van der Waals surface area contributed by atoms with Gasteiger partial charge in [-0.1, -0.05) is 62.4 Å². The zero-order chi connectivity index (χ0) is 25.2. The molecule has 0 saturated carbocycles. The largest absolute Gasteiger partial charge is 0.476 e. The Hall–Kier alpha value is -4.14. The fraction of sp³-hybridized carbons (Fsp3) is 0.308. The maximum absolute atomic E-state index is 12.7. The lowest BCUT2D eigenvalue weighted by atomic mass is 9.88. The molecule has 0 radical (unpaired) electrons. The normalized spacial score (nSPS) is 12.5. The summed E-state index contributed by atoms with van der Waals surface area (Å²) in [7, 11) is 1.49. The highest BCUT2D eigenvalue weighted by Crippen LogP contribution is 2.44. The number of hydrogen-bond donors (Lipinski definition) is 3. The molecule has 1 heterocycles. The zero-order valence-corrected chi connectivity index (χ0v) is 19.9. The summed E-state index contributed by atoms with van der Waals surface area (Å²) in [6, 6.07) is 16.2. The van der Waals surface area contributed by atoms with Crippen LogP contribution >= 0.6 is 0 Å². The van der Waals surface area contributed by atoms with Gasteiger partial charge in [0.1, 0.15) is 6.61 Å². The molecule has 1 aliphatic rings. The Kier molecular flexibility index (Phi) is 6.59. The maximum Gasteiger partial charge on any atom is 0.407 e. The highest BCUT2D eigenvalue weighted by Gasteiger charge is 2.31. The molecular weight excluding hydrogens is 448 g/mol.